The van der Waals surface area contributed by atoms with E-state index in [0.717, 1.165) is 0 Å². The van der Waals surface area contributed by atoms with E-state index in [-0.39, 0.29) is 39.2 Å². The zero-order valence-electron chi connectivity index (χ0n) is 16.2. The van der Waals surface area contributed by atoms with Crippen molar-refractivity contribution in [2.24, 2.45) is 4.99 Å². The third kappa shape index (κ3) is 4.17. The fourth-order valence-corrected chi connectivity index (χ4v) is 4.09. The van der Waals surface area contributed by atoms with Crippen LogP contribution in [-0.2, 0) is 15.0 Å². The first-order chi connectivity index (χ1) is 15.1. The van der Waals surface area contributed by atoms with E-state index < -0.39 is 42.4 Å². The SMILES string of the molecule is O=C(NC1CONC1=O)c1ccc(C2=NCC(c3cc(Cl)cc(Cl)c3)(C(F)(F)F)C2)nc1. The molecule has 168 valence electrons. The average Bonchev–Trinajstić information content (AvgIpc) is 3.35. The van der Waals surface area contributed by atoms with Gasteiger partial charge in [-0.1, -0.05) is 23.2 Å². The molecule has 1 saturated heterocycles. The Kier molecular flexibility index (Phi) is 5.87. The van der Waals surface area contributed by atoms with Crippen molar-refractivity contribution in [1.82, 2.24) is 15.8 Å². The molecular weight excluding hydrogens is 472 g/mol. The van der Waals surface area contributed by atoms with Crippen LogP contribution in [0.25, 0.3) is 0 Å². The maximum atomic E-state index is 14.2. The van der Waals surface area contributed by atoms with Crippen LogP contribution in [0.4, 0.5) is 13.2 Å². The number of aromatic nitrogens is 1. The van der Waals surface area contributed by atoms with Gasteiger partial charge in [-0.25, -0.2) is 5.48 Å². The Labute approximate surface area is 189 Å². The number of nitrogens with zero attached hydrogens (tertiary/aromatic N) is 2. The number of alkyl halides is 3. The van der Waals surface area contributed by atoms with Crippen molar-refractivity contribution in [3.8, 4) is 0 Å². The van der Waals surface area contributed by atoms with Crippen molar-refractivity contribution >= 4 is 40.7 Å². The highest BCUT2D eigenvalue weighted by atomic mass is 35.5. The van der Waals surface area contributed by atoms with Crippen molar-refractivity contribution in [2.45, 2.75) is 24.1 Å². The molecule has 0 bridgehead atoms. The lowest BCUT2D eigenvalue weighted by Crippen LogP contribution is -2.43. The minimum Gasteiger partial charge on any atom is -0.338 e. The van der Waals surface area contributed by atoms with Gasteiger partial charge in [0.15, 0.2) is 0 Å². The number of hydrogen-bond donors (Lipinski definition) is 2. The smallest absolute Gasteiger partial charge is 0.338 e. The van der Waals surface area contributed by atoms with Gasteiger partial charge in [0.2, 0.25) is 0 Å². The summed E-state index contributed by atoms with van der Waals surface area (Å²) in [6, 6.07) is 5.82. The number of hydroxylamine groups is 1. The van der Waals surface area contributed by atoms with E-state index in [2.05, 4.69) is 20.8 Å². The van der Waals surface area contributed by atoms with Crippen LogP contribution >= 0.6 is 23.2 Å². The van der Waals surface area contributed by atoms with E-state index in [1.54, 1.807) is 0 Å². The van der Waals surface area contributed by atoms with Crippen molar-refractivity contribution in [2.75, 3.05) is 13.2 Å². The molecule has 2 N–H and O–H groups in total. The Morgan fingerprint density at radius 1 is 1.22 bits per heavy atom. The van der Waals surface area contributed by atoms with Gasteiger partial charge in [-0.15, -0.1) is 0 Å². The van der Waals surface area contributed by atoms with Crippen LogP contribution in [0.2, 0.25) is 10.0 Å². The van der Waals surface area contributed by atoms with Crippen molar-refractivity contribution in [3.05, 3.63) is 63.4 Å². The molecule has 1 fully saturated rings. The maximum Gasteiger partial charge on any atom is 0.400 e. The molecule has 2 aliphatic rings. The largest absolute Gasteiger partial charge is 0.400 e. The van der Waals surface area contributed by atoms with E-state index in [1.165, 1.54) is 36.5 Å². The summed E-state index contributed by atoms with van der Waals surface area (Å²) in [5.41, 5.74) is 0.250. The molecular formula is C20H15Cl2F3N4O3. The van der Waals surface area contributed by atoms with Gasteiger partial charge in [-0.05, 0) is 35.9 Å². The predicted octanol–water partition coefficient (Wildman–Crippen LogP) is 3.24. The van der Waals surface area contributed by atoms with Gasteiger partial charge < -0.3 is 5.32 Å². The van der Waals surface area contributed by atoms with Gasteiger partial charge >= 0.3 is 6.18 Å². The first kappa shape index (κ1) is 22.5. The summed E-state index contributed by atoms with van der Waals surface area (Å²) in [5.74, 6) is -1.05. The second kappa shape index (κ2) is 8.34. The number of pyridine rings is 1. The standard InChI is InChI=1S/C20H15Cl2F3N4O3/c21-12-3-11(4-13(22)5-12)19(20(23,24)25)6-15(27-9-19)14-2-1-10(7-26-14)17(30)28-16-8-32-29-18(16)31/h1-5,7,16H,6,8-9H2,(H,28,30)(H,29,31). The number of halogens is 5. The molecule has 2 unspecified atom stereocenters. The quantitative estimate of drug-likeness (QED) is 0.693. The third-order valence-electron chi connectivity index (χ3n) is 5.33. The topological polar surface area (TPSA) is 92.7 Å². The number of carbonyl (C=O) groups excluding carboxylic acids is 2. The lowest BCUT2D eigenvalue weighted by atomic mass is 9.77. The molecule has 2 atom stereocenters. The van der Waals surface area contributed by atoms with Gasteiger partial charge in [0.05, 0.1) is 23.5 Å². The Morgan fingerprint density at radius 2 is 1.94 bits per heavy atom. The lowest BCUT2D eigenvalue weighted by molar-refractivity contribution is -0.183. The second-order valence-electron chi connectivity index (χ2n) is 7.41. The van der Waals surface area contributed by atoms with Crippen LogP contribution in [0, 0.1) is 0 Å². The number of carbonyl (C=O) groups is 2. The van der Waals surface area contributed by atoms with Crippen molar-refractivity contribution < 1.29 is 27.6 Å². The number of hydrogen-bond acceptors (Lipinski definition) is 5. The van der Waals surface area contributed by atoms with Crippen LogP contribution in [0.3, 0.4) is 0 Å². The van der Waals surface area contributed by atoms with Crippen molar-refractivity contribution in [3.63, 3.8) is 0 Å². The molecule has 1 aromatic carbocycles. The highest BCUT2D eigenvalue weighted by Gasteiger charge is 2.58. The number of benzene rings is 1. The fraction of sp³-hybridized carbons (Fsp3) is 0.300. The molecule has 32 heavy (non-hydrogen) atoms. The zero-order valence-corrected chi connectivity index (χ0v) is 17.7. The molecule has 3 heterocycles. The Balaban J connectivity index is 1.55. The molecule has 0 aliphatic carbocycles. The van der Waals surface area contributed by atoms with Crippen LogP contribution in [0.1, 0.15) is 28.0 Å². The van der Waals surface area contributed by atoms with Gasteiger partial charge in [0, 0.05) is 22.7 Å². The minimum absolute atomic E-state index is 0.0140. The molecule has 0 radical (unpaired) electrons. The molecule has 1 aromatic heterocycles. The van der Waals surface area contributed by atoms with Gasteiger partial charge in [-0.3, -0.25) is 24.4 Å². The van der Waals surface area contributed by atoms with E-state index in [9.17, 15) is 22.8 Å². The van der Waals surface area contributed by atoms with Gasteiger partial charge in [-0.2, -0.15) is 13.2 Å². The first-order valence-electron chi connectivity index (χ1n) is 9.35. The Hall–Kier alpha value is -2.69. The third-order valence-corrected chi connectivity index (χ3v) is 5.77. The Bertz CT molecular complexity index is 1090. The van der Waals surface area contributed by atoms with E-state index >= 15 is 0 Å². The monoisotopic (exact) mass is 486 g/mol. The molecule has 12 heteroatoms. The average molecular weight is 487 g/mol. The van der Waals surface area contributed by atoms with Crippen LogP contribution in [-0.4, -0.2) is 47.9 Å². The number of amides is 2. The summed E-state index contributed by atoms with van der Waals surface area (Å²) in [6.45, 7) is -0.552. The Morgan fingerprint density at radius 3 is 2.50 bits per heavy atom. The molecule has 0 spiro atoms. The normalized spacial score (nSPS) is 23.1. The van der Waals surface area contributed by atoms with Gasteiger partial charge in [0.1, 0.15) is 18.1 Å². The maximum absolute atomic E-state index is 14.2. The number of rotatable bonds is 4. The number of nitrogens with one attached hydrogen (secondary N) is 2. The highest BCUT2D eigenvalue weighted by molar-refractivity contribution is 6.34. The second-order valence-corrected chi connectivity index (χ2v) is 8.29. The lowest BCUT2D eigenvalue weighted by Gasteiger charge is -2.31. The molecule has 2 aromatic rings. The van der Waals surface area contributed by atoms with Crippen LogP contribution < -0.4 is 10.8 Å². The van der Waals surface area contributed by atoms with Crippen LogP contribution in [0.15, 0.2) is 41.5 Å². The molecule has 2 aliphatic heterocycles. The summed E-state index contributed by atoms with van der Waals surface area (Å²) in [5, 5.41) is 2.67. The fourth-order valence-electron chi connectivity index (χ4n) is 3.57. The summed E-state index contributed by atoms with van der Waals surface area (Å²) < 4.78 is 42.5. The molecule has 0 saturated carbocycles. The van der Waals surface area contributed by atoms with Crippen LogP contribution in [0.5, 0.6) is 0 Å². The van der Waals surface area contributed by atoms with E-state index in [1.807, 2.05) is 0 Å². The number of aliphatic imine (C=N–C) groups is 1. The predicted molar refractivity (Wildman–Crippen MR) is 110 cm³/mol. The first-order valence-corrected chi connectivity index (χ1v) is 10.1. The zero-order chi connectivity index (χ0) is 23.1. The summed E-state index contributed by atoms with van der Waals surface area (Å²) in [7, 11) is 0. The van der Waals surface area contributed by atoms with Crippen molar-refractivity contribution in [1.29, 1.82) is 0 Å². The minimum atomic E-state index is -4.62. The van der Waals surface area contributed by atoms with E-state index in [4.69, 9.17) is 28.0 Å². The van der Waals surface area contributed by atoms with Gasteiger partial charge in [0.25, 0.3) is 11.8 Å². The highest BCUT2D eigenvalue weighted by Crippen LogP contribution is 2.48. The van der Waals surface area contributed by atoms with E-state index in [0.29, 0.717) is 0 Å². The summed E-state index contributed by atoms with van der Waals surface area (Å²) >= 11 is 11.9. The summed E-state index contributed by atoms with van der Waals surface area (Å²) in [6.07, 6.45) is -3.86. The molecule has 4 rings (SSSR count). The molecule has 7 nitrogen and oxygen atoms in total. The summed E-state index contributed by atoms with van der Waals surface area (Å²) in [4.78, 5) is 36.7. The molecule has 2 amide bonds.